The number of likely N-dealkylation sites (tertiary alicyclic amines) is 1. The topological polar surface area (TPSA) is 61.9 Å². The predicted octanol–water partition coefficient (Wildman–Crippen LogP) is 5.12. The van der Waals surface area contributed by atoms with E-state index < -0.39 is 0 Å². The van der Waals surface area contributed by atoms with Crippen LogP contribution in [-0.4, -0.2) is 32.9 Å². The molecule has 4 heterocycles. The van der Waals surface area contributed by atoms with Crippen molar-refractivity contribution < 1.29 is 0 Å². The van der Waals surface area contributed by atoms with Crippen molar-refractivity contribution in [2.24, 2.45) is 0 Å². The molecular weight excluding hydrogens is 436 g/mol. The van der Waals surface area contributed by atoms with Gasteiger partial charge in [-0.3, -0.25) is 9.69 Å². The average Bonchev–Trinajstić information content (AvgIpc) is 3.42. The molecule has 3 aromatic heterocycles. The molecule has 0 amide bonds. The third kappa shape index (κ3) is 3.28. The Morgan fingerprint density at radius 1 is 1.17 bits per heavy atom. The minimum absolute atomic E-state index is 0.0393. The normalized spacial score (nSPS) is 17.9. The van der Waals surface area contributed by atoms with E-state index in [9.17, 15) is 4.79 Å². The SMILES string of the molecule is O=c1[nH]c(CN2CCC(c3nc4cc(Cl)ccc4s3)CC2)nc2sc3c(c12)CCC3. The van der Waals surface area contributed by atoms with Crippen LogP contribution in [0.4, 0.5) is 0 Å². The molecule has 154 valence electrons. The summed E-state index contributed by atoms with van der Waals surface area (Å²) in [4.78, 5) is 30.1. The smallest absolute Gasteiger partial charge is 0.259 e. The second-order valence-corrected chi connectivity index (χ2v) is 10.8. The Kier molecular flexibility index (Phi) is 4.67. The molecule has 0 unspecified atom stereocenters. The summed E-state index contributed by atoms with van der Waals surface area (Å²) in [7, 11) is 0. The highest BCUT2D eigenvalue weighted by Gasteiger charge is 2.25. The zero-order valence-electron chi connectivity index (χ0n) is 16.4. The first-order valence-electron chi connectivity index (χ1n) is 10.5. The van der Waals surface area contributed by atoms with Crippen LogP contribution in [0.25, 0.3) is 20.4 Å². The molecule has 1 aromatic carbocycles. The quantitative estimate of drug-likeness (QED) is 0.465. The molecule has 4 aromatic rings. The second kappa shape index (κ2) is 7.41. The summed E-state index contributed by atoms with van der Waals surface area (Å²) >= 11 is 9.60. The van der Waals surface area contributed by atoms with Crippen LogP contribution in [0.1, 0.15) is 46.5 Å². The zero-order valence-corrected chi connectivity index (χ0v) is 18.8. The number of aromatic amines is 1. The lowest BCUT2D eigenvalue weighted by Crippen LogP contribution is -2.33. The lowest BCUT2D eigenvalue weighted by atomic mass is 9.97. The highest BCUT2D eigenvalue weighted by molar-refractivity contribution is 7.19. The molecular formula is C22H21ClN4OS2. The van der Waals surface area contributed by atoms with E-state index in [4.69, 9.17) is 21.6 Å². The van der Waals surface area contributed by atoms with Gasteiger partial charge in [-0.1, -0.05) is 11.6 Å². The molecule has 30 heavy (non-hydrogen) atoms. The van der Waals surface area contributed by atoms with Crippen molar-refractivity contribution in [3.05, 3.63) is 54.8 Å². The van der Waals surface area contributed by atoms with Crippen LogP contribution in [0.15, 0.2) is 23.0 Å². The van der Waals surface area contributed by atoms with Crippen LogP contribution in [0.2, 0.25) is 5.02 Å². The fourth-order valence-electron chi connectivity index (χ4n) is 4.76. The summed E-state index contributed by atoms with van der Waals surface area (Å²) in [6, 6.07) is 5.94. The van der Waals surface area contributed by atoms with Crippen LogP contribution >= 0.6 is 34.3 Å². The number of rotatable bonds is 3. The number of H-pyrrole nitrogens is 1. The van der Waals surface area contributed by atoms with Gasteiger partial charge in [-0.05, 0) is 69.0 Å². The first kappa shape index (κ1) is 18.9. The van der Waals surface area contributed by atoms with Gasteiger partial charge in [0, 0.05) is 15.8 Å². The molecule has 1 aliphatic heterocycles. The van der Waals surface area contributed by atoms with Gasteiger partial charge in [0.25, 0.3) is 5.56 Å². The van der Waals surface area contributed by atoms with Crippen molar-refractivity contribution in [1.82, 2.24) is 19.9 Å². The molecule has 1 aliphatic carbocycles. The minimum Gasteiger partial charge on any atom is -0.309 e. The molecule has 0 spiro atoms. The standard InChI is InChI=1S/C22H21ClN4OS2/c23-13-4-5-17-15(10-13)24-21(30-17)12-6-8-27(9-7-12)11-18-25-20(28)19-14-2-1-3-16(14)29-22(19)26-18/h4-5,10,12H,1-3,6-9,11H2,(H,25,26,28). The monoisotopic (exact) mass is 456 g/mol. The Morgan fingerprint density at radius 3 is 2.90 bits per heavy atom. The molecule has 1 fully saturated rings. The molecule has 8 heteroatoms. The van der Waals surface area contributed by atoms with E-state index in [0.717, 1.165) is 71.8 Å². The van der Waals surface area contributed by atoms with E-state index in [1.165, 1.54) is 20.1 Å². The van der Waals surface area contributed by atoms with E-state index in [1.807, 2.05) is 12.1 Å². The maximum absolute atomic E-state index is 12.7. The van der Waals surface area contributed by atoms with Crippen LogP contribution in [0, 0.1) is 0 Å². The van der Waals surface area contributed by atoms with Crippen molar-refractivity contribution in [2.45, 2.75) is 44.6 Å². The Hall–Kier alpha value is -1.80. The van der Waals surface area contributed by atoms with Crippen molar-refractivity contribution in [1.29, 1.82) is 0 Å². The van der Waals surface area contributed by atoms with Gasteiger partial charge in [0.2, 0.25) is 0 Å². The fourth-order valence-corrected chi connectivity index (χ4v) is 7.33. The van der Waals surface area contributed by atoms with Gasteiger partial charge in [-0.25, -0.2) is 9.97 Å². The Labute approximate surface area is 186 Å². The molecule has 0 bridgehead atoms. The van der Waals surface area contributed by atoms with Crippen LogP contribution < -0.4 is 5.56 Å². The largest absolute Gasteiger partial charge is 0.309 e. The Morgan fingerprint density at radius 2 is 2.03 bits per heavy atom. The molecule has 0 atom stereocenters. The van der Waals surface area contributed by atoms with Gasteiger partial charge in [0.1, 0.15) is 10.7 Å². The number of thiophene rings is 1. The number of hydrogen-bond donors (Lipinski definition) is 1. The summed E-state index contributed by atoms with van der Waals surface area (Å²) in [5.41, 5.74) is 2.29. The molecule has 2 aliphatic rings. The summed E-state index contributed by atoms with van der Waals surface area (Å²) in [5, 5.41) is 2.79. The first-order chi connectivity index (χ1) is 14.6. The van der Waals surface area contributed by atoms with Gasteiger partial charge >= 0.3 is 0 Å². The van der Waals surface area contributed by atoms with Gasteiger partial charge in [0.15, 0.2) is 0 Å². The molecule has 0 radical (unpaired) electrons. The van der Waals surface area contributed by atoms with Gasteiger partial charge in [-0.2, -0.15) is 0 Å². The number of halogens is 1. The number of aryl methyl sites for hydroxylation is 2. The molecule has 6 rings (SSSR count). The van der Waals surface area contributed by atoms with Crippen LogP contribution in [-0.2, 0) is 19.4 Å². The number of piperidine rings is 1. The second-order valence-electron chi connectivity index (χ2n) is 8.26. The van der Waals surface area contributed by atoms with Crippen molar-refractivity contribution in [2.75, 3.05) is 13.1 Å². The lowest BCUT2D eigenvalue weighted by Gasteiger charge is -2.30. The molecule has 1 saturated heterocycles. The number of thiazole rings is 1. The van der Waals surface area contributed by atoms with Gasteiger partial charge in [0.05, 0.1) is 27.2 Å². The molecule has 5 nitrogen and oxygen atoms in total. The van der Waals surface area contributed by atoms with Crippen LogP contribution in [0.5, 0.6) is 0 Å². The van der Waals surface area contributed by atoms with E-state index >= 15 is 0 Å². The number of benzene rings is 1. The molecule has 1 N–H and O–H groups in total. The fraction of sp³-hybridized carbons (Fsp3) is 0.409. The third-order valence-corrected chi connectivity index (χ3v) is 8.92. The number of aromatic nitrogens is 3. The summed E-state index contributed by atoms with van der Waals surface area (Å²) in [6.45, 7) is 2.68. The summed E-state index contributed by atoms with van der Waals surface area (Å²) in [5.74, 6) is 1.28. The van der Waals surface area contributed by atoms with Gasteiger partial charge < -0.3 is 4.98 Å². The number of nitrogens with one attached hydrogen (secondary N) is 1. The number of fused-ring (bicyclic) bond motifs is 4. The van der Waals surface area contributed by atoms with E-state index in [0.29, 0.717) is 12.5 Å². The van der Waals surface area contributed by atoms with Crippen molar-refractivity contribution in [3.63, 3.8) is 0 Å². The summed E-state index contributed by atoms with van der Waals surface area (Å²) in [6.07, 6.45) is 5.43. The maximum Gasteiger partial charge on any atom is 0.259 e. The maximum atomic E-state index is 12.7. The van der Waals surface area contributed by atoms with E-state index in [2.05, 4.69) is 16.0 Å². The van der Waals surface area contributed by atoms with Crippen LogP contribution in [0.3, 0.4) is 0 Å². The summed E-state index contributed by atoms with van der Waals surface area (Å²) < 4.78 is 1.20. The van der Waals surface area contributed by atoms with E-state index in [-0.39, 0.29) is 5.56 Å². The van der Waals surface area contributed by atoms with Gasteiger partial charge in [-0.15, -0.1) is 22.7 Å². The first-order valence-corrected chi connectivity index (χ1v) is 12.5. The van der Waals surface area contributed by atoms with Crippen molar-refractivity contribution in [3.8, 4) is 0 Å². The highest BCUT2D eigenvalue weighted by Crippen LogP contribution is 2.36. The zero-order chi connectivity index (χ0) is 20.2. The predicted molar refractivity (Wildman–Crippen MR) is 124 cm³/mol. The van der Waals surface area contributed by atoms with Crippen molar-refractivity contribution >= 4 is 54.7 Å². The Balaban J connectivity index is 1.17. The van der Waals surface area contributed by atoms with E-state index in [1.54, 1.807) is 22.7 Å². The highest BCUT2D eigenvalue weighted by atomic mass is 35.5. The molecule has 0 saturated carbocycles. The Bertz CT molecular complexity index is 1320. The third-order valence-electron chi connectivity index (χ3n) is 6.30. The number of nitrogens with zero attached hydrogens (tertiary/aromatic N) is 3. The minimum atomic E-state index is 0.0393. The average molecular weight is 457 g/mol. The number of hydrogen-bond acceptors (Lipinski definition) is 6. The lowest BCUT2D eigenvalue weighted by molar-refractivity contribution is 0.200.